The molecule has 5 rings (SSSR count). The Bertz CT molecular complexity index is 2120. The normalized spacial score (nSPS) is 10.9. The summed E-state index contributed by atoms with van der Waals surface area (Å²) in [6.45, 7) is 3.43. The first-order valence-corrected chi connectivity index (χ1v) is 18.1. The van der Waals surface area contributed by atoms with Gasteiger partial charge in [-0.2, -0.15) is 0 Å². The molecule has 0 atom stereocenters. The zero-order chi connectivity index (χ0) is 37.0. The van der Waals surface area contributed by atoms with E-state index in [0.29, 0.717) is 38.0 Å². The van der Waals surface area contributed by atoms with Crippen molar-refractivity contribution in [1.82, 2.24) is 5.32 Å². The van der Waals surface area contributed by atoms with E-state index in [4.69, 9.17) is 16.3 Å². The van der Waals surface area contributed by atoms with E-state index in [2.05, 4.69) is 21.3 Å². The summed E-state index contributed by atoms with van der Waals surface area (Å²) in [7, 11) is 0. The lowest BCUT2D eigenvalue weighted by Crippen LogP contribution is -2.30. The highest BCUT2D eigenvalue weighted by atomic mass is 35.5. The molecule has 13 heteroatoms. The number of amides is 4. The molecule has 1 aromatic heterocycles. The number of hydrogen-bond acceptors (Lipinski definition) is 8. The largest absolute Gasteiger partial charge is 0.462 e. The maximum Gasteiger partial charge on any atom is 0.341 e. The van der Waals surface area contributed by atoms with Crippen molar-refractivity contribution in [1.29, 1.82) is 0 Å². The number of esters is 1. The average molecular weight is 753 g/mol. The fraction of sp³-hybridized carbons (Fsp3) is 0.103. The van der Waals surface area contributed by atoms with Crippen LogP contribution in [0, 0.1) is 6.92 Å². The van der Waals surface area contributed by atoms with Crippen molar-refractivity contribution in [2.24, 2.45) is 0 Å². The zero-order valence-corrected chi connectivity index (χ0v) is 30.4. The Morgan fingerprint density at radius 2 is 1.46 bits per heavy atom. The molecule has 0 spiro atoms. The number of anilines is 3. The molecule has 0 fully saturated rings. The minimum absolute atomic E-state index is 0.00840. The average Bonchev–Trinajstić information content (AvgIpc) is 3.47. The summed E-state index contributed by atoms with van der Waals surface area (Å²) in [5.74, 6) is -2.55. The number of para-hydroxylation sites is 1. The summed E-state index contributed by atoms with van der Waals surface area (Å²) < 4.78 is 5.23. The van der Waals surface area contributed by atoms with Gasteiger partial charge >= 0.3 is 5.97 Å². The van der Waals surface area contributed by atoms with Gasteiger partial charge in [-0.1, -0.05) is 66.2 Å². The minimum atomic E-state index is -0.647. The predicted octanol–water partition coefficient (Wildman–Crippen LogP) is 8.28. The van der Waals surface area contributed by atoms with Gasteiger partial charge in [0.2, 0.25) is 5.91 Å². The topological polar surface area (TPSA) is 143 Å². The maximum atomic E-state index is 13.5. The summed E-state index contributed by atoms with van der Waals surface area (Å²) in [4.78, 5) is 66.6. The molecule has 5 aromatic rings. The molecule has 0 radical (unpaired) electrons. The van der Waals surface area contributed by atoms with Gasteiger partial charge in [0.1, 0.15) is 10.7 Å². The summed E-state index contributed by atoms with van der Waals surface area (Å²) in [5.41, 5.74) is 2.57. The Hall–Kier alpha value is -5.69. The number of hydrogen-bond donors (Lipinski definition) is 4. The molecule has 52 heavy (non-hydrogen) atoms. The van der Waals surface area contributed by atoms with E-state index in [1.807, 2.05) is 6.07 Å². The van der Waals surface area contributed by atoms with Gasteiger partial charge in [-0.25, -0.2) is 4.79 Å². The molecular formula is C39H33ClN4O6S2. The van der Waals surface area contributed by atoms with Gasteiger partial charge in [-0.15, -0.1) is 23.1 Å². The number of ether oxygens (including phenoxy) is 1. The highest BCUT2D eigenvalue weighted by Gasteiger charge is 2.27. The quantitative estimate of drug-likeness (QED) is 0.0539. The fourth-order valence-electron chi connectivity index (χ4n) is 4.82. The van der Waals surface area contributed by atoms with Crippen LogP contribution in [0.15, 0.2) is 120 Å². The minimum Gasteiger partial charge on any atom is -0.462 e. The van der Waals surface area contributed by atoms with Crippen LogP contribution in [0.2, 0.25) is 5.02 Å². The van der Waals surface area contributed by atoms with E-state index in [0.717, 1.165) is 11.3 Å². The highest BCUT2D eigenvalue weighted by molar-refractivity contribution is 8.00. The van der Waals surface area contributed by atoms with Crippen molar-refractivity contribution in [3.05, 3.63) is 147 Å². The first kappa shape index (κ1) is 37.6. The van der Waals surface area contributed by atoms with Crippen LogP contribution in [-0.4, -0.2) is 42.0 Å². The van der Waals surface area contributed by atoms with E-state index < -0.39 is 29.6 Å². The number of thiophene rings is 1. The Kier molecular flexibility index (Phi) is 13.0. The summed E-state index contributed by atoms with van der Waals surface area (Å²) in [6.07, 6.45) is 1.54. The monoisotopic (exact) mass is 752 g/mol. The van der Waals surface area contributed by atoms with E-state index >= 15 is 0 Å². The van der Waals surface area contributed by atoms with E-state index in [9.17, 15) is 24.0 Å². The van der Waals surface area contributed by atoms with Crippen molar-refractivity contribution in [2.75, 3.05) is 28.3 Å². The summed E-state index contributed by atoms with van der Waals surface area (Å²) in [5, 5.41) is 11.8. The van der Waals surface area contributed by atoms with Crippen LogP contribution in [0.3, 0.4) is 0 Å². The van der Waals surface area contributed by atoms with Gasteiger partial charge in [-0.3, -0.25) is 19.2 Å². The number of thioether (sulfide) groups is 1. The Balaban J connectivity index is 1.27. The van der Waals surface area contributed by atoms with E-state index in [-0.39, 0.29) is 33.5 Å². The molecule has 264 valence electrons. The molecule has 0 unspecified atom stereocenters. The Morgan fingerprint density at radius 3 is 2.15 bits per heavy atom. The molecule has 0 aliphatic rings. The Morgan fingerprint density at radius 1 is 0.788 bits per heavy atom. The summed E-state index contributed by atoms with van der Waals surface area (Å²) in [6, 6.07) is 31.1. The predicted molar refractivity (Wildman–Crippen MR) is 207 cm³/mol. The van der Waals surface area contributed by atoms with Gasteiger partial charge < -0.3 is 26.0 Å². The molecule has 0 saturated carbocycles. The molecule has 4 amide bonds. The maximum absolute atomic E-state index is 13.5. The standard InChI is InChI=1S/C39H33ClN4O6S2/c1-3-50-39(49)33-24(2)34(37(48)41-28-13-8-5-9-14-28)52-38(33)44-32(45)23-51-30-16-10-15-29(22-30)42-36(47)31(21-25-17-19-27(40)20-18-25)43-35(46)26-11-6-4-7-12-26/h4-22H,3,23H2,1-2H3,(H,41,48)(H,42,47)(H,43,46)(H,44,45)/b31-21-. The lowest BCUT2D eigenvalue weighted by molar-refractivity contribution is -0.114. The van der Waals surface area contributed by atoms with Crippen LogP contribution >= 0.6 is 34.7 Å². The molecule has 4 aromatic carbocycles. The van der Waals surface area contributed by atoms with Gasteiger partial charge in [0.15, 0.2) is 0 Å². The van der Waals surface area contributed by atoms with Crippen LogP contribution in [0.4, 0.5) is 16.4 Å². The van der Waals surface area contributed by atoms with Crippen molar-refractivity contribution in [3.8, 4) is 0 Å². The van der Waals surface area contributed by atoms with Crippen molar-refractivity contribution >= 4 is 86.7 Å². The molecule has 4 N–H and O–H groups in total. The second-order valence-electron chi connectivity index (χ2n) is 11.0. The SMILES string of the molecule is CCOC(=O)c1c(NC(=O)CSc2cccc(NC(=O)/C(=C/c3ccc(Cl)cc3)NC(=O)c3ccccc3)c2)sc(C(=O)Nc2ccccc2)c1C. The second kappa shape index (κ2) is 18.0. The number of rotatable bonds is 13. The molecule has 0 bridgehead atoms. The fourth-order valence-corrected chi connectivity index (χ4v) is 6.81. The van der Waals surface area contributed by atoms with E-state index in [1.165, 1.54) is 11.8 Å². The van der Waals surface area contributed by atoms with Crippen LogP contribution in [0.5, 0.6) is 0 Å². The first-order chi connectivity index (χ1) is 25.1. The van der Waals surface area contributed by atoms with Crippen molar-refractivity contribution in [2.45, 2.75) is 18.7 Å². The van der Waals surface area contributed by atoms with Gasteiger partial charge in [0, 0.05) is 26.9 Å². The molecule has 10 nitrogen and oxygen atoms in total. The molecule has 1 heterocycles. The third kappa shape index (κ3) is 10.2. The molecule has 0 aliphatic carbocycles. The van der Waals surface area contributed by atoms with Gasteiger partial charge in [0.05, 0.1) is 22.8 Å². The van der Waals surface area contributed by atoms with Crippen molar-refractivity contribution in [3.63, 3.8) is 0 Å². The first-order valence-electron chi connectivity index (χ1n) is 16.0. The zero-order valence-electron chi connectivity index (χ0n) is 28.0. The highest BCUT2D eigenvalue weighted by Crippen LogP contribution is 2.35. The third-order valence-electron chi connectivity index (χ3n) is 7.29. The lowest BCUT2D eigenvalue weighted by atomic mass is 10.1. The third-order valence-corrected chi connectivity index (χ3v) is 9.74. The molecular weight excluding hydrogens is 720 g/mol. The smallest absolute Gasteiger partial charge is 0.341 e. The van der Waals surface area contributed by atoms with Crippen LogP contribution in [0.25, 0.3) is 6.08 Å². The number of benzene rings is 4. The lowest BCUT2D eigenvalue weighted by Gasteiger charge is -2.12. The number of nitrogens with one attached hydrogen (secondary N) is 4. The van der Waals surface area contributed by atoms with Gasteiger partial charge in [0.25, 0.3) is 17.7 Å². The van der Waals surface area contributed by atoms with Crippen LogP contribution < -0.4 is 21.3 Å². The number of halogens is 1. The molecule has 0 aliphatic heterocycles. The summed E-state index contributed by atoms with van der Waals surface area (Å²) >= 11 is 8.22. The number of carbonyl (C=O) groups excluding carboxylic acids is 5. The second-order valence-corrected chi connectivity index (χ2v) is 13.6. The number of carbonyl (C=O) groups is 5. The van der Waals surface area contributed by atoms with Crippen molar-refractivity contribution < 1.29 is 28.7 Å². The van der Waals surface area contributed by atoms with Crippen LogP contribution in [0.1, 0.15) is 48.4 Å². The Labute approximate surface area is 313 Å². The van der Waals surface area contributed by atoms with Crippen LogP contribution in [-0.2, 0) is 14.3 Å². The molecule has 0 saturated heterocycles. The van der Waals surface area contributed by atoms with E-state index in [1.54, 1.807) is 123 Å². The van der Waals surface area contributed by atoms with Gasteiger partial charge in [-0.05, 0) is 85.6 Å².